The third kappa shape index (κ3) is 5.94. The quantitative estimate of drug-likeness (QED) is 0.676. The van der Waals surface area contributed by atoms with E-state index in [0.29, 0.717) is 12.5 Å². The minimum absolute atomic E-state index is 0.0757. The second-order valence-corrected chi connectivity index (χ2v) is 6.35. The molecule has 0 bridgehead atoms. The molecule has 0 heterocycles. The van der Waals surface area contributed by atoms with Crippen LogP contribution in [0.5, 0.6) is 0 Å². The number of hydrogen-bond donors (Lipinski definition) is 3. The Morgan fingerprint density at radius 1 is 1.14 bits per heavy atom. The number of nitrogens with one attached hydrogen (secondary N) is 2. The summed E-state index contributed by atoms with van der Waals surface area (Å²) in [6.07, 6.45) is 6.78. The number of urea groups is 1. The highest BCUT2D eigenvalue weighted by molar-refractivity contribution is 5.82. The molecule has 3 N–H and O–H groups in total. The van der Waals surface area contributed by atoms with Gasteiger partial charge < -0.3 is 15.7 Å². The van der Waals surface area contributed by atoms with E-state index in [1.807, 2.05) is 13.8 Å². The van der Waals surface area contributed by atoms with Crippen molar-refractivity contribution in [3.8, 4) is 0 Å². The Balaban J connectivity index is 2.31. The van der Waals surface area contributed by atoms with E-state index in [1.165, 1.54) is 19.3 Å². The Bertz CT molecular complexity index is 338. The molecule has 0 aromatic rings. The van der Waals surface area contributed by atoms with E-state index in [0.717, 1.165) is 25.2 Å². The van der Waals surface area contributed by atoms with Crippen LogP contribution in [0.4, 0.5) is 4.79 Å². The average Bonchev–Trinajstić information content (AvgIpc) is 2.50. The second-order valence-electron chi connectivity index (χ2n) is 6.35. The highest BCUT2D eigenvalue weighted by atomic mass is 16.4. The smallest absolute Gasteiger partial charge is 0.326 e. The Morgan fingerprint density at radius 3 is 2.19 bits per heavy atom. The van der Waals surface area contributed by atoms with Gasteiger partial charge in [-0.15, -0.1) is 0 Å². The lowest BCUT2D eigenvalue weighted by Gasteiger charge is -2.28. The lowest BCUT2D eigenvalue weighted by molar-refractivity contribution is -0.140. The molecule has 1 aliphatic carbocycles. The van der Waals surface area contributed by atoms with Gasteiger partial charge in [-0.25, -0.2) is 9.59 Å². The van der Waals surface area contributed by atoms with Gasteiger partial charge in [-0.05, 0) is 30.6 Å². The minimum Gasteiger partial charge on any atom is -0.480 e. The number of carboxylic acid groups (broad SMARTS) is 1. The van der Waals surface area contributed by atoms with Crippen molar-refractivity contribution in [1.82, 2.24) is 10.6 Å². The summed E-state index contributed by atoms with van der Waals surface area (Å²) in [6, 6.07) is -1.17. The average molecular weight is 298 g/mol. The predicted molar refractivity (Wildman–Crippen MR) is 83.2 cm³/mol. The van der Waals surface area contributed by atoms with Crippen molar-refractivity contribution >= 4 is 12.0 Å². The molecule has 0 spiro atoms. The molecule has 5 nitrogen and oxygen atoms in total. The fraction of sp³-hybridized carbons (Fsp3) is 0.875. The number of amides is 2. The van der Waals surface area contributed by atoms with Gasteiger partial charge in [-0.2, -0.15) is 0 Å². The fourth-order valence-corrected chi connectivity index (χ4v) is 2.96. The van der Waals surface area contributed by atoms with E-state index >= 15 is 0 Å². The van der Waals surface area contributed by atoms with Crippen molar-refractivity contribution in [3.63, 3.8) is 0 Å². The zero-order valence-corrected chi connectivity index (χ0v) is 13.5. The molecule has 21 heavy (non-hydrogen) atoms. The van der Waals surface area contributed by atoms with Gasteiger partial charge in [0.2, 0.25) is 0 Å². The minimum atomic E-state index is -0.969. The Kier molecular flexibility index (Phi) is 7.54. The summed E-state index contributed by atoms with van der Waals surface area (Å²) in [4.78, 5) is 23.0. The molecule has 0 saturated heterocycles. The van der Waals surface area contributed by atoms with Crippen LogP contribution in [-0.4, -0.2) is 29.7 Å². The Hall–Kier alpha value is -1.26. The van der Waals surface area contributed by atoms with E-state index in [1.54, 1.807) is 0 Å². The van der Waals surface area contributed by atoms with Crippen molar-refractivity contribution in [2.24, 2.45) is 17.8 Å². The molecular formula is C16H30N2O3. The van der Waals surface area contributed by atoms with Crippen molar-refractivity contribution in [2.75, 3.05) is 6.54 Å². The number of aliphatic carboxylic acids is 1. The third-order valence-corrected chi connectivity index (χ3v) is 4.86. The van der Waals surface area contributed by atoms with Crippen molar-refractivity contribution in [1.29, 1.82) is 0 Å². The lowest BCUT2D eigenvalue weighted by Crippen LogP contribution is -2.50. The summed E-state index contributed by atoms with van der Waals surface area (Å²) in [5.74, 6) is 0.332. The van der Waals surface area contributed by atoms with Crippen LogP contribution >= 0.6 is 0 Å². The van der Waals surface area contributed by atoms with Crippen LogP contribution in [0.25, 0.3) is 0 Å². The molecule has 0 aliphatic heterocycles. The number of rotatable bonds is 7. The number of carbonyl (C=O) groups is 2. The Morgan fingerprint density at radius 2 is 1.71 bits per heavy atom. The maximum Gasteiger partial charge on any atom is 0.326 e. The van der Waals surface area contributed by atoms with Gasteiger partial charge >= 0.3 is 12.0 Å². The summed E-state index contributed by atoms with van der Waals surface area (Å²) in [6.45, 7) is 6.64. The van der Waals surface area contributed by atoms with Crippen LogP contribution in [0, 0.1) is 17.8 Å². The van der Waals surface area contributed by atoms with Gasteiger partial charge in [-0.3, -0.25) is 0 Å². The zero-order chi connectivity index (χ0) is 15.8. The molecule has 2 amide bonds. The summed E-state index contributed by atoms with van der Waals surface area (Å²) in [7, 11) is 0. The topological polar surface area (TPSA) is 78.4 Å². The lowest BCUT2D eigenvalue weighted by atomic mass is 9.81. The highest BCUT2D eigenvalue weighted by Gasteiger charge is 2.26. The number of hydrogen-bond acceptors (Lipinski definition) is 2. The van der Waals surface area contributed by atoms with Gasteiger partial charge in [-0.1, -0.05) is 46.5 Å². The standard InChI is InChI=1S/C16H30N2O3/c1-4-11(3)14(15(19)20)18-16(21)17-10-13-8-6-12(5-2)7-9-13/h11-14H,4-10H2,1-3H3,(H,19,20)(H2,17,18,21). The number of carbonyl (C=O) groups excluding carboxylic acids is 1. The monoisotopic (exact) mass is 298 g/mol. The molecule has 2 atom stereocenters. The van der Waals surface area contributed by atoms with Gasteiger partial charge in [0.05, 0.1) is 0 Å². The first-order valence-corrected chi connectivity index (χ1v) is 8.25. The fourth-order valence-electron chi connectivity index (χ4n) is 2.96. The van der Waals surface area contributed by atoms with Crippen LogP contribution in [0.3, 0.4) is 0 Å². The molecule has 0 aromatic heterocycles. The Labute approximate surface area is 127 Å². The van der Waals surface area contributed by atoms with Crippen LogP contribution < -0.4 is 10.6 Å². The highest BCUT2D eigenvalue weighted by Crippen LogP contribution is 2.30. The summed E-state index contributed by atoms with van der Waals surface area (Å²) in [5.41, 5.74) is 0. The number of carboxylic acids is 1. The molecule has 2 unspecified atom stereocenters. The first kappa shape index (κ1) is 17.8. The first-order valence-electron chi connectivity index (χ1n) is 8.25. The molecular weight excluding hydrogens is 268 g/mol. The first-order chi connectivity index (χ1) is 9.97. The van der Waals surface area contributed by atoms with E-state index in [4.69, 9.17) is 5.11 Å². The van der Waals surface area contributed by atoms with E-state index in [-0.39, 0.29) is 11.9 Å². The van der Waals surface area contributed by atoms with Crippen molar-refractivity contribution in [3.05, 3.63) is 0 Å². The van der Waals surface area contributed by atoms with Crippen molar-refractivity contribution < 1.29 is 14.7 Å². The SMILES string of the molecule is CCC1CCC(CNC(=O)NC(C(=O)O)C(C)CC)CC1. The molecule has 0 aromatic carbocycles. The molecule has 1 saturated carbocycles. The molecule has 1 rings (SSSR count). The summed E-state index contributed by atoms with van der Waals surface area (Å²) < 4.78 is 0. The van der Waals surface area contributed by atoms with Crippen LogP contribution in [-0.2, 0) is 4.79 Å². The maximum atomic E-state index is 11.9. The van der Waals surface area contributed by atoms with Crippen molar-refractivity contribution in [2.45, 2.75) is 65.3 Å². The summed E-state index contributed by atoms with van der Waals surface area (Å²) in [5, 5.41) is 14.6. The van der Waals surface area contributed by atoms with Crippen LogP contribution in [0.15, 0.2) is 0 Å². The summed E-state index contributed by atoms with van der Waals surface area (Å²) >= 11 is 0. The normalized spacial score (nSPS) is 24.9. The maximum absolute atomic E-state index is 11.9. The van der Waals surface area contributed by atoms with Gasteiger partial charge in [0, 0.05) is 6.54 Å². The molecule has 1 fully saturated rings. The van der Waals surface area contributed by atoms with Gasteiger partial charge in [0.15, 0.2) is 0 Å². The van der Waals surface area contributed by atoms with Gasteiger partial charge in [0.1, 0.15) is 6.04 Å². The van der Waals surface area contributed by atoms with Gasteiger partial charge in [0.25, 0.3) is 0 Å². The van der Waals surface area contributed by atoms with E-state index in [9.17, 15) is 9.59 Å². The molecule has 5 heteroatoms. The third-order valence-electron chi connectivity index (χ3n) is 4.86. The molecule has 122 valence electrons. The second kappa shape index (κ2) is 8.90. The predicted octanol–water partition coefficient (Wildman–Crippen LogP) is 3.00. The van der Waals surface area contributed by atoms with E-state index in [2.05, 4.69) is 17.6 Å². The zero-order valence-electron chi connectivity index (χ0n) is 13.5. The van der Waals surface area contributed by atoms with Crippen LogP contribution in [0.1, 0.15) is 59.3 Å². The molecule has 0 radical (unpaired) electrons. The van der Waals surface area contributed by atoms with E-state index < -0.39 is 12.0 Å². The molecule has 1 aliphatic rings. The largest absolute Gasteiger partial charge is 0.480 e. The van der Waals surface area contributed by atoms with Crippen LogP contribution in [0.2, 0.25) is 0 Å².